The van der Waals surface area contributed by atoms with Crippen molar-refractivity contribution >= 4 is 40.7 Å². The number of aliphatic carboxylic acids is 1. The monoisotopic (exact) mass is 212 g/mol. The third kappa shape index (κ3) is 2.79. The summed E-state index contributed by atoms with van der Waals surface area (Å²) in [6.45, 7) is 0. The molecule has 0 atom stereocenters. The normalized spacial score (nSPS) is 9.92. The van der Waals surface area contributed by atoms with Gasteiger partial charge in [-0.15, -0.1) is 23.2 Å². The van der Waals surface area contributed by atoms with E-state index in [4.69, 9.17) is 28.3 Å². The van der Waals surface area contributed by atoms with Crippen molar-refractivity contribution in [2.24, 2.45) is 5.92 Å². The number of hydrogen-bond donors (Lipinski definition) is 1. The van der Waals surface area contributed by atoms with Crippen LogP contribution < -0.4 is 0 Å². The van der Waals surface area contributed by atoms with Gasteiger partial charge in [-0.3, -0.25) is 14.4 Å². The Kier molecular flexibility index (Phi) is 4.85. The molecule has 0 aromatic rings. The van der Waals surface area contributed by atoms with E-state index in [1.165, 1.54) is 0 Å². The number of alkyl halides is 2. The number of Topliss-reactive ketones (excluding diaryl/α,β-unsaturated/α-hetero) is 2. The van der Waals surface area contributed by atoms with E-state index in [1.54, 1.807) is 0 Å². The summed E-state index contributed by atoms with van der Waals surface area (Å²) in [5.41, 5.74) is 0. The van der Waals surface area contributed by atoms with E-state index in [-0.39, 0.29) is 0 Å². The summed E-state index contributed by atoms with van der Waals surface area (Å²) < 4.78 is 0. The molecule has 1 N–H and O–H groups in total. The standard InChI is InChI=1S/C6H6Cl2O4/c7-1-3(9)5(6(11)12)4(10)2-8/h5H,1-2H2,(H,11,12). The Labute approximate surface area is 78.4 Å². The van der Waals surface area contributed by atoms with E-state index in [9.17, 15) is 14.4 Å². The number of hydrogen-bond acceptors (Lipinski definition) is 3. The zero-order chi connectivity index (χ0) is 9.72. The van der Waals surface area contributed by atoms with Gasteiger partial charge in [0.05, 0.1) is 11.8 Å². The first-order chi connectivity index (χ1) is 5.54. The minimum absolute atomic E-state index is 0.500. The lowest BCUT2D eigenvalue weighted by atomic mass is 10.0. The predicted molar refractivity (Wildman–Crippen MR) is 42.6 cm³/mol. The lowest BCUT2D eigenvalue weighted by Crippen LogP contribution is -2.33. The van der Waals surface area contributed by atoms with E-state index in [0.29, 0.717) is 0 Å². The molecule has 0 aromatic heterocycles. The molecule has 0 aliphatic rings. The topological polar surface area (TPSA) is 71.4 Å². The second-order valence-corrected chi connectivity index (χ2v) is 2.51. The van der Waals surface area contributed by atoms with Crippen molar-refractivity contribution in [3.05, 3.63) is 0 Å². The summed E-state index contributed by atoms with van der Waals surface area (Å²) in [6, 6.07) is 0. The van der Waals surface area contributed by atoms with Gasteiger partial charge in [0.25, 0.3) is 0 Å². The van der Waals surface area contributed by atoms with E-state index in [2.05, 4.69) is 0 Å². The minimum Gasteiger partial charge on any atom is -0.480 e. The number of carboxylic acid groups (broad SMARTS) is 1. The van der Waals surface area contributed by atoms with Crippen molar-refractivity contribution in [1.82, 2.24) is 0 Å². The summed E-state index contributed by atoms with van der Waals surface area (Å²) in [5, 5.41) is 8.42. The maximum Gasteiger partial charge on any atom is 0.321 e. The van der Waals surface area contributed by atoms with Crippen LogP contribution in [-0.2, 0) is 14.4 Å². The summed E-state index contributed by atoms with van der Waals surface area (Å²) >= 11 is 10.2. The molecule has 0 heterocycles. The Balaban J connectivity index is 4.55. The quantitative estimate of drug-likeness (QED) is 0.526. The molecule has 0 rings (SSSR count). The van der Waals surface area contributed by atoms with Crippen molar-refractivity contribution in [3.63, 3.8) is 0 Å². The molecule has 6 heteroatoms. The van der Waals surface area contributed by atoms with Gasteiger partial charge in [0.1, 0.15) is 0 Å². The maximum absolute atomic E-state index is 10.8. The fraction of sp³-hybridized carbons (Fsp3) is 0.500. The van der Waals surface area contributed by atoms with E-state index < -0.39 is 35.2 Å². The molecule has 0 aliphatic carbocycles. The third-order valence-electron chi connectivity index (χ3n) is 1.15. The number of carbonyl (C=O) groups excluding carboxylic acids is 2. The molecule has 0 aromatic carbocycles. The van der Waals surface area contributed by atoms with Crippen molar-refractivity contribution < 1.29 is 19.5 Å². The second kappa shape index (κ2) is 5.11. The fourth-order valence-corrected chi connectivity index (χ4v) is 0.918. The van der Waals surface area contributed by atoms with Crippen LogP contribution in [0, 0.1) is 5.92 Å². The van der Waals surface area contributed by atoms with Gasteiger partial charge in [-0.05, 0) is 0 Å². The average molecular weight is 213 g/mol. The van der Waals surface area contributed by atoms with Gasteiger partial charge in [-0.2, -0.15) is 0 Å². The highest BCUT2D eigenvalue weighted by molar-refractivity contribution is 6.37. The molecule has 0 amide bonds. The second-order valence-electron chi connectivity index (χ2n) is 1.97. The number of carboxylic acids is 1. The zero-order valence-corrected chi connectivity index (χ0v) is 7.43. The number of halogens is 2. The highest BCUT2D eigenvalue weighted by atomic mass is 35.5. The van der Waals surface area contributed by atoms with Crippen molar-refractivity contribution in [1.29, 1.82) is 0 Å². The van der Waals surface area contributed by atoms with E-state index in [1.807, 2.05) is 0 Å². The summed E-state index contributed by atoms with van der Waals surface area (Å²) in [7, 11) is 0. The van der Waals surface area contributed by atoms with Crippen LogP contribution >= 0.6 is 23.2 Å². The minimum atomic E-state index is -1.71. The van der Waals surface area contributed by atoms with Gasteiger partial charge in [0, 0.05) is 0 Å². The number of rotatable bonds is 5. The molecule has 0 spiro atoms. The molecule has 0 radical (unpaired) electrons. The van der Waals surface area contributed by atoms with Crippen LogP contribution in [0.25, 0.3) is 0 Å². The van der Waals surface area contributed by atoms with Gasteiger partial charge < -0.3 is 5.11 Å². The Morgan fingerprint density at radius 2 is 1.42 bits per heavy atom. The third-order valence-corrected chi connectivity index (χ3v) is 1.68. The van der Waals surface area contributed by atoms with Crippen LogP contribution in [0.15, 0.2) is 0 Å². The predicted octanol–water partition coefficient (Wildman–Crippen LogP) is 0.303. The van der Waals surface area contributed by atoms with Crippen LogP contribution in [0.4, 0.5) is 0 Å². The average Bonchev–Trinajstić information content (AvgIpc) is 2.03. The molecule has 0 fully saturated rings. The summed E-state index contributed by atoms with van der Waals surface area (Å²) in [4.78, 5) is 31.9. The van der Waals surface area contributed by atoms with Crippen LogP contribution in [0.2, 0.25) is 0 Å². The van der Waals surface area contributed by atoms with Crippen LogP contribution in [0.5, 0.6) is 0 Å². The molecule has 12 heavy (non-hydrogen) atoms. The molecule has 4 nitrogen and oxygen atoms in total. The summed E-state index contributed by atoms with van der Waals surface area (Å²) in [5.74, 6) is -5.89. The SMILES string of the molecule is O=C(O)C(C(=O)CCl)C(=O)CCl. The van der Waals surface area contributed by atoms with Gasteiger partial charge in [0.2, 0.25) is 0 Å². The van der Waals surface area contributed by atoms with Crippen LogP contribution in [-0.4, -0.2) is 34.4 Å². The molecule has 0 saturated carbocycles. The fourth-order valence-electron chi connectivity index (χ4n) is 0.609. The van der Waals surface area contributed by atoms with Crippen LogP contribution in [0.3, 0.4) is 0 Å². The molecular formula is C6H6Cl2O4. The smallest absolute Gasteiger partial charge is 0.321 e. The lowest BCUT2D eigenvalue weighted by molar-refractivity contribution is -0.149. The van der Waals surface area contributed by atoms with E-state index in [0.717, 1.165) is 0 Å². The number of ketones is 2. The molecule has 0 unspecified atom stereocenters. The first-order valence-corrected chi connectivity index (χ1v) is 4.01. The Morgan fingerprint density at radius 3 is 1.58 bits per heavy atom. The highest BCUT2D eigenvalue weighted by Crippen LogP contribution is 2.04. The zero-order valence-electron chi connectivity index (χ0n) is 5.92. The first-order valence-electron chi connectivity index (χ1n) is 2.94. The maximum atomic E-state index is 10.8. The Morgan fingerprint density at radius 1 is 1.08 bits per heavy atom. The van der Waals surface area contributed by atoms with Gasteiger partial charge in [-0.25, -0.2) is 0 Å². The highest BCUT2D eigenvalue weighted by Gasteiger charge is 2.31. The molecule has 0 saturated heterocycles. The Bertz CT molecular complexity index is 198. The van der Waals surface area contributed by atoms with Gasteiger partial charge in [0.15, 0.2) is 17.5 Å². The first kappa shape index (κ1) is 11.4. The largest absolute Gasteiger partial charge is 0.480 e. The Hall–Kier alpha value is -0.610. The molecule has 0 bridgehead atoms. The summed E-state index contributed by atoms with van der Waals surface area (Å²) in [6.07, 6.45) is 0. The van der Waals surface area contributed by atoms with Crippen molar-refractivity contribution in [2.45, 2.75) is 0 Å². The molecule has 0 aliphatic heterocycles. The van der Waals surface area contributed by atoms with Crippen molar-refractivity contribution in [2.75, 3.05) is 11.8 Å². The number of carbonyl (C=O) groups is 3. The van der Waals surface area contributed by atoms with Crippen LogP contribution in [0.1, 0.15) is 0 Å². The van der Waals surface area contributed by atoms with E-state index >= 15 is 0 Å². The lowest BCUT2D eigenvalue weighted by Gasteiger charge is -2.04. The van der Waals surface area contributed by atoms with Gasteiger partial charge in [-0.1, -0.05) is 0 Å². The molecular weight excluding hydrogens is 207 g/mol. The van der Waals surface area contributed by atoms with Crippen molar-refractivity contribution in [3.8, 4) is 0 Å². The molecule has 68 valence electrons. The van der Waals surface area contributed by atoms with Gasteiger partial charge >= 0.3 is 5.97 Å².